The van der Waals surface area contributed by atoms with Crippen molar-refractivity contribution < 1.29 is 4.79 Å². The topological polar surface area (TPSA) is 41.1 Å². The molecule has 3 heteroatoms. The molecular formula is C16H22N2O. The van der Waals surface area contributed by atoms with Crippen molar-refractivity contribution in [2.24, 2.45) is 17.8 Å². The van der Waals surface area contributed by atoms with Crippen LogP contribution in [0.25, 0.3) is 0 Å². The van der Waals surface area contributed by atoms with E-state index >= 15 is 0 Å². The van der Waals surface area contributed by atoms with Crippen LogP contribution in [0, 0.1) is 17.8 Å². The summed E-state index contributed by atoms with van der Waals surface area (Å²) in [6.45, 7) is 3.91. The summed E-state index contributed by atoms with van der Waals surface area (Å²) in [6, 6.07) is 8.14. The first-order chi connectivity index (χ1) is 9.26. The van der Waals surface area contributed by atoms with Crippen molar-refractivity contribution in [3.63, 3.8) is 0 Å². The molecule has 0 aromatic heterocycles. The Labute approximate surface area is 114 Å². The summed E-state index contributed by atoms with van der Waals surface area (Å²) in [5.41, 5.74) is 2.15. The zero-order valence-corrected chi connectivity index (χ0v) is 11.5. The van der Waals surface area contributed by atoms with Crippen molar-refractivity contribution in [2.45, 2.75) is 32.7 Å². The molecule has 102 valence electrons. The zero-order chi connectivity index (χ0) is 13.2. The maximum atomic E-state index is 12.2. The largest absolute Gasteiger partial charge is 0.326 e. The van der Waals surface area contributed by atoms with Gasteiger partial charge in [-0.1, -0.05) is 19.1 Å². The Morgan fingerprint density at radius 3 is 2.79 bits per heavy atom. The molecule has 0 aliphatic heterocycles. The fourth-order valence-corrected chi connectivity index (χ4v) is 3.20. The summed E-state index contributed by atoms with van der Waals surface area (Å²) in [5, 5.41) is 6.37. The van der Waals surface area contributed by atoms with E-state index in [0.717, 1.165) is 43.5 Å². The Bertz CT molecular complexity index is 462. The standard InChI is InChI=1S/C16H22N2O/c1-2-17-10-11-4-3-5-15(6-11)18-16(19)14-8-12-7-13(12)9-14/h3-6,12-14,17H,2,7-10H2,1H3,(H,18,19). The van der Waals surface area contributed by atoms with E-state index < -0.39 is 0 Å². The molecular weight excluding hydrogens is 236 g/mol. The third kappa shape index (κ3) is 2.98. The van der Waals surface area contributed by atoms with Gasteiger partial charge in [0.05, 0.1) is 0 Å². The smallest absolute Gasteiger partial charge is 0.227 e. The molecule has 2 aliphatic rings. The van der Waals surface area contributed by atoms with Crippen molar-refractivity contribution in [3.8, 4) is 0 Å². The van der Waals surface area contributed by atoms with Gasteiger partial charge in [-0.05, 0) is 55.3 Å². The number of hydrogen-bond acceptors (Lipinski definition) is 2. The van der Waals surface area contributed by atoms with Gasteiger partial charge in [0.25, 0.3) is 0 Å². The molecule has 0 saturated heterocycles. The van der Waals surface area contributed by atoms with Crippen molar-refractivity contribution in [3.05, 3.63) is 29.8 Å². The van der Waals surface area contributed by atoms with E-state index in [9.17, 15) is 4.79 Å². The highest BCUT2D eigenvalue weighted by molar-refractivity contribution is 5.92. The van der Waals surface area contributed by atoms with E-state index in [2.05, 4.69) is 29.7 Å². The van der Waals surface area contributed by atoms with Gasteiger partial charge in [0.1, 0.15) is 0 Å². The Hall–Kier alpha value is -1.35. The molecule has 0 spiro atoms. The van der Waals surface area contributed by atoms with Crippen molar-refractivity contribution in [1.29, 1.82) is 0 Å². The van der Waals surface area contributed by atoms with Gasteiger partial charge < -0.3 is 10.6 Å². The minimum absolute atomic E-state index is 0.216. The normalized spacial score (nSPS) is 27.9. The molecule has 1 aromatic rings. The summed E-state index contributed by atoms with van der Waals surface area (Å²) in [5.74, 6) is 2.18. The van der Waals surface area contributed by atoms with Crippen LogP contribution in [0.1, 0.15) is 31.7 Å². The maximum absolute atomic E-state index is 12.2. The third-order valence-electron chi connectivity index (χ3n) is 4.39. The fourth-order valence-electron chi connectivity index (χ4n) is 3.20. The number of benzene rings is 1. The van der Waals surface area contributed by atoms with Gasteiger partial charge in [-0.2, -0.15) is 0 Å². The van der Waals surface area contributed by atoms with E-state index in [1.54, 1.807) is 0 Å². The molecule has 2 saturated carbocycles. The number of nitrogens with one attached hydrogen (secondary N) is 2. The summed E-state index contributed by atoms with van der Waals surface area (Å²) in [4.78, 5) is 12.2. The first kappa shape index (κ1) is 12.7. The van der Waals surface area contributed by atoms with E-state index in [4.69, 9.17) is 0 Å². The summed E-state index contributed by atoms with van der Waals surface area (Å²) < 4.78 is 0. The monoisotopic (exact) mass is 258 g/mol. The van der Waals surface area contributed by atoms with Gasteiger partial charge in [0.15, 0.2) is 0 Å². The van der Waals surface area contributed by atoms with Crippen molar-refractivity contribution in [2.75, 3.05) is 11.9 Å². The third-order valence-corrected chi connectivity index (χ3v) is 4.39. The molecule has 2 unspecified atom stereocenters. The second-order valence-corrected chi connectivity index (χ2v) is 5.89. The van der Waals surface area contributed by atoms with Crippen LogP contribution in [-0.2, 0) is 11.3 Å². The predicted molar refractivity (Wildman–Crippen MR) is 76.8 cm³/mol. The molecule has 2 fully saturated rings. The first-order valence-electron chi connectivity index (χ1n) is 7.36. The zero-order valence-electron chi connectivity index (χ0n) is 11.5. The first-order valence-corrected chi connectivity index (χ1v) is 7.36. The van der Waals surface area contributed by atoms with Crippen LogP contribution >= 0.6 is 0 Å². The number of amides is 1. The van der Waals surface area contributed by atoms with Crippen molar-refractivity contribution in [1.82, 2.24) is 5.32 Å². The quantitative estimate of drug-likeness (QED) is 0.852. The van der Waals surface area contributed by atoms with Gasteiger partial charge in [-0.25, -0.2) is 0 Å². The SMILES string of the molecule is CCNCc1cccc(NC(=O)C2CC3CC3C2)c1. The summed E-state index contributed by atoms with van der Waals surface area (Å²) in [7, 11) is 0. The Balaban J connectivity index is 1.57. The van der Waals surface area contributed by atoms with Gasteiger partial charge in [0.2, 0.25) is 5.91 Å². The number of carbonyl (C=O) groups is 1. The van der Waals surface area contributed by atoms with E-state index in [1.807, 2.05) is 12.1 Å². The molecule has 19 heavy (non-hydrogen) atoms. The molecule has 2 aliphatic carbocycles. The Kier molecular flexibility index (Phi) is 3.56. The van der Waals surface area contributed by atoms with Gasteiger partial charge in [-0.3, -0.25) is 4.79 Å². The van der Waals surface area contributed by atoms with Crippen LogP contribution in [0.2, 0.25) is 0 Å². The number of fused-ring (bicyclic) bond motifs is 1. The lowest BCUT2D eigenvalue weighted by atomic mass is 10.0. The number of carbonyl (C=O) groups excluding carboxylic acids is 1. The van der Waals surface area contributed by atoms with E-state index in [-0.39, 0.29) is 11.8 Å². The highest BCUT2D eigenvalue weighted by Crippen LogP contribution is 2.54. The molecule has 1 aromatic carbocycles. The van der Waals surface area contributed by atoms with Crippen LogP contribution in [0.3, 0.4) is 0 Å². The second kappa shape index (κ2) is 5.33. The van der Waals surface area contributed by atoms with E-state index in [1.165, 1.54) is 12.0 Å². The minimum Gasteiger partial charge on any atom is -0.326 e. The van der Waals surface area contributed by atoms with Gasteiger partial charge in [0, 0.05) is 18.2 Å². The van der Waals surface area contributed by atoms with Gasteiger partial charge >= 0.3 is 0 Å². The molecule has 1 amide bonds. The van der Waals surface area contributed by atoms with Crippen LogP contribution in [0.15, 0.2) is 24.3 Å². The average molecular weight is 258 g/mol. The maximum Gasteiger partial charge on any atom is 0.227 e. The van der Waals surface area contributed by atoms with Crippen molar-refractivity contribution >= 4 is 11.6 Å². The Morgan fingerprint density at radius 1 is 1.26 bits per heavy atom. The predicted octanol–water partition coefficient (Wildman–Crippen LogP) is 2.78. The number of hydrogen-bond donors (Lipinski definition) is 2. The van der Waals surface area contributed by atoms with Crippen LogP contribution < -0.4 is 10.6 Å². The molecule has 0 bridgehead atoms. The lowest BCUT2D eigenvalue weighted by Gasteiger charge is -2.13. The van der Waals surface area contributed by atoms with Crippen LogP contribution in [0.5, 0.6) is 0 Å². The molecule has 0 radical (unpaired) electrons. The fraction of sp³-hybridized carbons (Fsp3) is 0.562. The minimum atomic E-state index is 0.216. The Morgan fingerprint density at radius 2 is 2.05 bits per heavy atom. The lowest BCUT2D eigenvalue weighted by molar-refractivity contribution is -0.120. The summed E-state index contributed by atoms with van der Waals surface area (Å²) in [6.07, 6.45) is 3.57. The van der Waals surface area contributed by atoms with Crippen LogP contribution in [0.4, 0.5) is 5.69 Å². The molecule has 2 N–H and O–H groups in total. The second-order valence-electron chi connectivity index (χ2n) is 5.89. The van der Waals surface area contributed by atoms with E-state index in [0.29, 0.717) is 0 Å². The van der Waals surface area contributed by atoms with Gasteiger partial charge in [-0.15, -0.1) is 0 Å². The van der Waals surface area contributed by atoms with Crippen LogP contribution in [-0.4, -0.2) is 12.5 Å². The lowest BCUT2D eigenvalue weighted by Crippen LogP contribution is -2.21. The highest BCUT2D eigenvalue weighted by Gasteiger charge is 2.47. The number of anilines is 1. The average Bonchev–Trinajstić information content (AvgIpc) is 3.03. The molecule has 3 rings (SSSR count). The summed E-state index contributed by atoms with van der Waals surface area (Å²) >= 11 is 0. The highest BCUT2D eigenvalue weighted by atomic mass is 16.1. The molecule has 3 nitrogen and oxygen atoms in total. The molecule has 0 heterocycles. The molecule has 2 atom stereocenters. The number of rotatable bonds is 5.